The lowest BCUT2D eigenvalue weighted by molar-refractivity contribution is 0.0627. The van der Waals surface area contributed by atoms with Crippen LogP contribution in [0.25, 0.3) is 0 Å². The van der Waals surface area contributed by atoms with E-state index in [0.29, 0.717) is 17.4 Å². The molecule has 4 heteroatoms. The number of phenols is 1. The molecule has 0 bridgehead atoms. The van der Waals surface area contributed by atoms with Crippen molar-refractivity contribution in [1.29, 1.82) is 0 Å². The van der Waals surface area contributed by atoms with E-state index in [-0.39, 0.29) is 16.7 Å². The van der Waals surface area contributed by atoms with Crippen LogP contribution in [-0.4, -0.2) is 29.0 Å². The number of aromatic hydroxyl groups is 1. The highest BCUT2D eigenvalue weighted by Crippen LogP contribution is 2.27. The number of carbonyl (C=O) groups is 1. The fraction of sp³-hybridized carbons (Fsp3) is 0.500. The van der Waals surface area contributed by atoms with Crippen LogP contribution in [0.2, 0.25) is 5.02 Å². The summed E-state index contributed by atoms with van der Waals surface area (Å²) in [6, 6.07) is 4.61. The van der Waals surface area contributed by atoms with E-state index in [2.05, 4.69) is 13.8 Å². The Bertz CT molecular complexity index is 461. The molecule has 0 aliphatic carbocycles. The highest BCUT2D eigenvalue weighted by molar-refractivity contribution is 6.32. The van der Waals surface area contributed by atoms with Gasteiger partial charge >= 0.3 is 0 Å². The van der Waals surface area contributed by atoms with Gasteiger partial charge in [-0.1, -0.05) is 25.4 Å². The van der Waals surface area contributed by atoms with Crippen LogP contribution in [0, 0.1) is 11.8 Å². The van der Waals surface area contributed by atoms with E-state index in [1.165, 1.54) is 12.1 Å². The summed E-state index contributed by atoms with van der Waals surface area (Å²) in [4.78, 5) is 14.2. The Morgan fingerprint density at radius 3 is 2.72 bits per heavy atom. The zero-order chi connectivity index (χ0) is 13.3. The van der Waals surface area contributed by atoms with Gasteiger partial charge in [0.15, 0.2) is 0 Å². The summed E-state index contributed by atoms with van der Waals surface area (Å²) in [5.41, 5.74) is 0.541. The molecule has 1 aromatic carbocycles. The quantitative estimate of drug-likeness (QED) is 0.849. The van der Waals surface area contributed by atoms with E-state index < -0.39 is 0 Å². The Labute approximate surface area is 112 Å². The molecule has 0 radical (unpaired) electrons. The second-order valence-corrected chi connectivity index (χ2v) is 5.57. The molecule has 1 fully saturated rings. The first kappa shape index (κ1) is 13.2. The fourth-order valence-electron chi connectivity index (χ4n) is 2.27. The second-order valence-electron chi connectivity index (χ2n) is 5.16. The van der Waals surface area contributed by atoms with Crippen molar-refractivity contribution in [1.82, 2.24) is 4.90 Å². The molecule has 2 rings (SSSR count). The molecule has 1 saturated heterocycles. The lowest BCUT2D eigenvalue weighted by Gasteiger charge is -2.35. The topological polar surface area (TPSA) is 40.5 Å². The Balaban J connectivity index is 2.14. The highest BCUT2D eigenvalue weighted by Gasteiger charge is 2.26. The van der Waals surface area contributed by atoms with Crippen molar-refractivity contribution < 1.29 is 9.90 Å². The van der Waals surface area contributed by atoms with E-state index in [1.807, 2.05) is 4.90 Å². The lowest BCUT2D eigenvalue weighted by atomic mass is 9.88. The normalized spacial score (nSPS) is 24.1. The Kier molecular flexibility index (Phi) is 3.81. The molecule has 1 heterocycles. The standard InChI is InChI=1S/C14H18ClNO2/c1-9-5-6-16(8-10(9)2)14(18)11-3-4-13(17)12(15)7-11/h3-4,7,9-10,17H,5-6,8H2,1-2H3. The van der Waals surface area contributed by atoms with E-state index in [4.69, 9.17) is 11.6 Å². The monoisotopic (exact) mass is 267 g/mol. The van der Waals surface area contributed by atoms with Crippen LogP contribution in [0.3, 0.4) is 0 Å². The van der Waals surface area contributed by atoms with Crippen molar-refractivity contribution in [2.75, 3.05) is 13.1 Å². The zero-order valence-electron chi connectivity index (χ0n) is 10.7. The number of benzene rings is 1. The van der Waals surface area contributed by atoms with Gasteiger partial charge in [-0.3, -0.25) is 4.79 Å². The lowest BCUT2D eigenvalue weighted by Crippen LogP contribution is -2.42. The third-order valence-electron chi connectivity index (χ3n) is 3.82. The van der Waals surface area contributed by atoms with E-state index in [0.717, 1.165) is 19.5 Å². The third-order valence-corrected chi connectivity index (χ3v) is 4.12. The van der Waals surface area contributed by atoms with Gasteiger partial charge in [0.2, 0.25) is 0 Å². The predicted octanol–water partition coefficient (Wildman–Crippen LogP) is 3.16. The van der Waals surface area contributed by atoms with Crippen LogP contribution < -0.4 is 0 Å². The zero-order valence-corrected chi connectivity index (χ0v) is 11.4. The molecule has 1 N–H and O–H groups in total. The summed E-state index contributed by atoms with van der Waals surface area (Å²) >= 11 is 5.83. The van der Waals surface area contributed by atoms with Gasteiger partial charge in [0, 0.05) is 18.7 Å². The predicted molar refractivity (Wildman–Crippen MR) is 72.0 cm³/mol. The fourth-order valence-corrected chi connectivity index (χ4v) is 2.45. The van der Waals surface area contributed by atoms with Crippen molar-refractivity contribution in [3.63, 3.8) is 0 Å². The van der Waals surface area contributed by atoms with Crippen molar-refractivity contribution in [2.45, 2.75) is 20.3 Å². The van der Waals surface area contributed by atoms with Gasteiger partial charge in [0.1, 0.15) is 5.75 Å². The molecule has 0 saturated carbocycles. The number of carbonyl (C=O) groups excluding carboxylic acids is 1. The summed E-state index contributed by atoms with van der Waals surface area (Å²) < 4.78 is 0. The Morgan fingerprint density at radius 1 is 1.39 bits per heavy atom. The number of halogens is 1. The minimum Gasteiger partial charge on any atom is -0.506 e. The van der Waals surface area contributed by atoms with Gasteiger partial charge in [-0.25, -0.2) is 0 Å². The number of hydrogen-bond donors (Lipinski definition) is 1. The van der Waals surface area contributed by atoms with Crippen LogP contribution >= 0.6 is 11.6 Å². The highest BCUT2D eigenvalue weighted by atomic mass is 35.5. The molecule has 1 aromatic rings. The van der Waals surface area contributed by atoms with Crippen LogP contribution in [0.1, 0.15) is 30.6 Å². The molecule has 1 aliphatic rings. The summed E-state index contributed by atoms with van der Waals surface area (Å²) in [7, 11) is 0. The van der Waals surface area contributed by atoms with Crippen LogP contribution in [0.15, 0.2) is 18.2 Å². The van der Waals surface area contributed by atoms with E-state index >= 15 is 0 Å². The number of rotatable bonds is 1. The number of phenolic OH excluding ortho intramolecular Hbond substituents is 1. The van der Waals surface area contributed by atoms with E-state index in [1.54, 1.807) is 6.07 Å². The minimum atomic E-state index is -0.00403. The average molecular weight is 268 g/mol. The largest absolute Gasteiger partial charge is 0.506 e. The molecule has 2 atom stereocenters. The maximum Gasteiger partial charge on any atom is 0.253 e. The maximum atomic E-state index is 12.3. The first-order valence-electron chi connectivity index (χ1n) is 6.27. The average Bonchev–Trinajstić information content (AvgIpc) is 2.35. The van der Waals surface area contributed by atoms with Gasteiger partial charge in [-0.15, -0.1) is 0 Å². The van der Waals surface area contributed by atoms with Gasteiger partial charge in [0.05, 0.1) is 5.02 Å². The Morgan fingerprint density at radius 2 is 2.11 bits per heavy atom. The van der Waals surface area contributed by atoms with E-state index in [9.17, 15) is 9.90 Å². The number of nitrogens with zero attached hydrogens (tertiary/aromatic N) is 1. The van der Waals surface area contributed by atoms with Crippen molar-refractivity contribution in [3.05, 3.63) is 28.8 Å². The number of hydrogen-bond acceptors (Lipinski definition) is 2. The SMILES string of the molecule is CC1CCN(C(=O)c2ccc(O)c(Cl)c2)CC1C. The number of amides is 1. The molecule has 1 aliphatic heterocycles. The second kappa shape index (κ2) is 5.19. The molecule has 98 valence electrons. The molecule has 1 amide bonds. The number of likely N-dealkylation sites (tertiary alicyclic amines) is 1. The Hall–Kier alpha value is -1.22. The van der Waals surface area contributed by atoms with Crippen LogP contribution in [-0.2, 0) is 0 Å². The summed E-state index contributed by atoms with van der Waals surface area (Å²) in [6.45, 7) is 5.99. The van der Waals surface area contributed by atoms with Crippen LogP contribution in [0.4, 0.5) is 0 Å². The van der Waals surface area contributed by atoms with Gasteiger partial charge in [0.25, 0.3) is 5.91 Å². The van der Waals surface area contributed by atoms with Crippen molar-refractivity contribution in [3.8, 4) is 5.75 Å². The van der Waals surface area contributed by atoms with Crippen LogP contribution in [0.5, 0.6) is 5.75 Å². The first-order chi connectivity index (χ1) is 8.49. The first-order valence-corrected chi connectivity index (χ1v) is 6.64. The molecule has 0 aromatic heterocycles. The van der Waals surface area contributed by atoms with Gasteiger partial charge in [-0.2, -0.15) is 0 Å². The molecule has 3 nitrogen and oxygen atoms in total. The maximum absolute atomic E-state index is 12.3. The van der Waals surface area contributed by atoms with Gasteiger partial charge < -0.3 is 10.0 Å². The van der Waals surface area contributed by atoms with Crippen molar-refractivity contribution >= 4 is 17.5 Å². The third kappa shape index (κ3) is 2.61. The molecule has 0 spiro atoms. The smallest absolute Gasteiger partial charge is 0.253 e. The van der Waals surface area contributed by atoms with Gasteiger partial charge in [-0.05, 0) is 36.5 Å². The number of piperidine rings is 1. The minimum absolute atomic E-state index is 0.00403. The summed E-state index contributed by atoms with van der Waals surface area (Å²) in [6.07, 6.45) is 1.04. The summed E-state index contributed by atoms with van der Waals surface area (Å²) in [5, 5.41) is 9.58. The molecular weight excluding hydrogens is 250 g/mol. The summed E-state index contributed by atoms with van der Waals surface area (Å²) in [5.74, 6) is 1.19. The molecular formula is C14H18ClNO2. The molecule has 18 heavy (non-hydrogen) atoms. The van der Waals surface area contributed by atoms with Crippen molar-refractivity contribution in [2.24, 2.45) is 11.8 Å². The molecule has 2 unspecified atom stereocenters.